The SMILES string of the molecule is CNC(=O)C(C)N(Cc1cccc(OC)c1)C(=O)CN(c1cccc(OC)c1)S(=O)(=O)c1ccc(C)cc1. The lowest BCUT2D eigenvalue weighted by Gasteiger charge is -2.32. The van der Waals surface area contributed by atoms with Crippen molar-refractivity contribution in [3.63, 3.8) is 0 Å². The molecule has 202 valence electrons. The van der Waals surface area contributed by atoms with Gasteiger partial charge in [-0.05, 0) is 55.8 Å². The van der Waals surface area contributed by atoms with Crippen LogP contribution in [0, 0.1) is 6.92 Å². The second kappa shape index (κ2) is 12.5. The van der Waals surface area contributed by atoms with Crippen LogP contribution in [0.1, 0.15) is 18.1 Å². The van der Waals surface area contributed by atoms with Gasteiger partial charge in [0.15, 0.2) is 0 Å². The van der Waals surface area contributed by atoms with Gasteiger partial charge in [0, 0.05) is 19.7 Å². The van der Waals surface area contributed by atoms with Crippen molar-refractivity contribution in [1.82, 2.24) is 10.2 Å². The molecule has 0 bridgehead atoms. The van der Waals surface area contributed by atoms with Crippen LogP contribution in [0.2, 0.25) is 0 Å². The maximum atomic E-state index is 13.8. The molecule has 2 amide bonds. The molecule has 10 heteroatoms. The molecule has 0 aliphatic carbocycles. The van der Waals surface area contributed by atoms with Crippen LogP contribution >= 0.6 is 0 Å². The maximum absolute atomic E-state index is 13.8. The van der Waals surface area contributed by atoms with Crippen molar-refractivity contribution in [3.8, 4) is 11.5 Å². The van der Waals surface area contributed by atoms with Crippen LogP contribution in [0.5, 0.6) is 11.5 Å². The molecule has 0 aliphatic rings. The molecule has 3 aromatic rings. The predicted octanol–water partition coefficient (Wildman–Crippen LogP) is 3.37. The number of rotatable bonds is 11. The maximum Gasteiger partial charge on any atom is 0.264 e. The summed E-state index contributed by atoms with van der Waals surface area (Å²) in [6.45, 7) is 2.99. The molecular formula is C28H33N3O6S. The summed E-state index contributed by atoms with van der Waals surface area (Å²) in [6, 6.07) is 19.1. The summed E-state index contributed by atoms with van der Waals surface area (Å²) in [5.41, 5.74) is 1.88. The van der Waals surface area contributed by atoms with Gasteiger partial charge in [0.2, 0.25) is 11.8 Å². The number of methoxy groups -OCH3 is 2. The van der Waals surface area contributed by atoms with Crippen molar-refractivity contribution >= 4 is 27.5 Å². The van der Waals surface area contributed by atoms with Gasteiger partial charge in [0.25, 0.3) is 10.0 Å². The van der Waals surface area contributed by atoms with Crippen LogP contribution in [0.25, 0.3) is 0 Å². The van der Waals surface area contributed by atoms with E-state index < -0.39 is 28.5 Å². The summed E-state index contributed by atoms with van der Waals surface area (Å²) in [5, 5.41) is 2.56. The van der Waals surface area contributed by atoms with Crippen molar-refractivity contribution in [2.45, 2.75) is 31.3 Å². The monoisotopic (exact) mass is 539 g/mol. The van der Waals surface area contributed by atoms with Gasteiger partial charge in [-0.15, -0.1) is 0 Å². The normalized spacial score (nSPS) is 11.8. The molecule has 1 atom stereocenters. The largest absolute Gasteiger partial charge is 0.497 e. The summed E-state index contributed by atoms with van der Waals surface area (Å²) in [5.74, 6) is 0.103. The Morgan fingerprint density at radius 1 is 0.921 bits per heavy atom. The van der Waals surface area contributed by atoms with E-state index in [1.165, 1.54) is 38.3 Å². The Balaban J connectivity index is 2.05. The molecule has 9 nitrogen and oxygen atoms in total. The zero-order valence-corrected chi connectivity index (χ0v) is 23.0. The van der Waals surface area contributed by atoms with Gasteiger partial charge in [-0.1, -0.05) is 35.9 Å². The average molecular weight is 540 g/mol. The molecule has 1 N–H and O–H groups in total. The highest BCUT2D eigenvalue weighted by atomic mass is 32.2. The molecule has 0 saturated carbocycles. The number of amides is 2. The lowest BCUT2D eigenvalue weighted by molar-refractivity contribution is -0.139. The Morgan fingerprint density at radius 2 is 1.53 bits per heavy atom. The van der Waals surface area contributed by atoms with Crippen LogP contribution < -0.4 is 19.1 Å². The van der Waals surface area contributed by atoms with Gasteiger partial charge in [-0.2, -0.15) is 0 Å². The lowest BCUT2D eigenvalue weighted by atomic mass is 10.1. The Bertz CT molecular complexity index is 1380. The number of hydrogen-bond donors (Lipinski definition) is 1. The molecule has 38 heavy (non-hydrogen) atoms. The molecular weight excluding hydrogens is 506 g/mol. The number of carbonyl (C=O) groups excluding carboxylic acids is 2. The van der Waals surface area contributed by atoms with Gasteiger partial charge >= 0.3 is 0 Å². The van der Waals surface area contributed by atoms with E-state index in [9.17, 15) is 18.0 Å². The molecule has 0 aliphatic heterocycles. The number of aryl methyl sites for hydroxylation is 1. The van der Waals surface area contributed by atoms with E-state index >= 15 is 0 Å². The first-order valence-corrected chi connectivity index (χ1v) is 13.4. The number of nitrogens with one attached hydrogen (secondary N) is 1. The summed E-state index contributed by atoms with van der Waals surface area (Å²) in [4.78, 5) is 27.8. The standard InChI is InChI=1S/C28H33N3O6S/c1-20-12-14-26(15-13-20)38(34,35)31(23-9-7-11-25(17-23)37-5)19-27(32)30(21(2)28(33)29-3)18-22-8-6-10-24(16-22)36-4/h6-17,21H,18-19H2,1-5H3,(H,29,33). The zero-order chi connectivity index (χ0) is 27.9. The van der Waals surface area contributed by atoms with Crippen molar-refractivity contribution in [2.24, 2.45) is 0 Å². The highest BCUT2D eigenvalue weighted by Crippen LogP contribution is 2.28. The Morgan fingerprint density at radius 3 is 2.13 bits per heavy atom. The quantitative estimate of drug-likeness (QED) is 0.401. The molecule has 0 aromatic heterocycles. The molecule has 0 spiro atoms. The summed E-state index contributed by atoms with van der Waals surface area (Å²) in [6.07, 6.45) is 0. The van der Waals surface area contributed by atoms with E-state index in [0.29, 0.717) is 11.5 Å². The van der Waals surface area contributed by atoms with Gasteiger partial charge in [0.05, 0.1) is 24.8 Å². The zero-order valence-electron chi connectivity index (χ0n) is 22.2. The molecule has 0 heterocycles. The fourth-order valence-electron chi connectivity index (χ4n) is 3.89. The van der Waals surface area contributed by atoms with Crippen molar-refractivity contribution in [3.05, 3.63) is 83.9 Å². The number of anilines is 1. The molecule has 0 fully saturated rings. The fourth-order valence-corrected chi connectivity index (χ4v) is 5.30. The number of benzene rings is 3. The fraction of sp³-hybridized carbons (Fsp3) is 0.286. The van der Waals surface area contributed by atoms with Crippen molar-refractivity contribution in [2.75, 3.05) is 32.1 Å². The average Bonchev–Trinajstić information content (AvgIpc) is 2.93. The van der Waals surface area contributed by atoms with Crippen molar-refractivity contribution in [1.29, 1.82) is 0 Å². The van der Waals surface area contributed by atoms with E-state index in [1.54, 1.807) is 61.5 Å². The Hall–Kier alpha value is -4.05. The topological polar surface area (TPSA) is 105 Å². The van der Waals surface area contributed by atoms with Crippen LogP contribution in [-0.2, 0) is 26.2 Å². The van der Waals surface area contributed by atoms with Crippen LogP contribution in [0.15, 0.2) is 77.7 Å². The van der Waals surface area contributed by atoms with Gasteiger partial charge in [-0.25, -0.2) is 8.42 Å². The molecule has 1 unspecified atom stereocenters. The third-order valence-electron chi connectivity index (χ3n) is 6.13. The van der Waals surface area contributed by atoms with E-state index in [0.717, 1.165) is 15.4 Å². The van der Waals surface area contributed by atoms with Gasteiger partial charge < -0.3 is 19.7 Å². The van der Waals surface area contributed by atoms with Gasteiger partial charge in [0.1, 0.15) is 24.1 Å². The summed E-state index contributed by atoms with van der Waals surface area (Å²) in [7, 11) is 0.349. The number of likely N-dealkylation sites (N-methyl/N-ethyl adjacent to an activating group) is 1. The van der Waals surface area contributed by atoms with E-state index in [1.807, 2.05) is 13.0 Å². The Kier molecular flexibility index (Phi) is 9.35. The van der Waals surface area contributed by atoms with Crippen molar-refractivity contribution < 1.29 is 27.5 Å². The predicted molar refractivity (Wildman–Crippen MR) is 146 cm³/mol. The number of hydrogen-bond acceptors (Lipinski definition) is 6. The van der Waals surface area contributed by atoms with Crippen LogP contribution in [0.4, 0.5) is 5.69 Å². The number of carbonyl (C=O) groups is 2. The van der Waals surface area contributed by atoms with Crippen LogP contribution in [0.3, 0.4) is 0 Å². The molecule has 3 rings (SSSR count). The minimum atomic E-state index is -4.15. The highest BCUT2D eigenvalue weighted by molar-refractivity contribution is 7.92. The second-order valence-corrected chi connectivity index (χ2v) is 10.6. The first-order chi connectivity index (χ1) is 18.1. The molecule has 3 aromatic carbocycles. The van der Waals surface area contributed by atoms with E-state index in [-0.39, 0.29) is 23.0 Å². The van der Waals surface area contributed by atoms with Gasteiger partial charge in [-0.3, -0.25) is 13.9 Å². The van der Waals surface area contributed by atoms with Crippen LogP contribution in [-0.4, -0.2) is 59.0 Å². The van der Waals surface area contributed by atoms with E-state index in [4.69, 9.17) is 9.47 Å². The molecule has 0 radical (unpaired) electrons. The second-order valence-electron chi connectivity index (χ2n) is 8.69. The first kappa shape index (κ1) is 28.5. The number of sulfonamides is 1. The highest BCUT2D eigenvalue weighted by Gasteiger charge is 2.32. The number of ether oxygens (including phenoxy) is 2. The minimum absolute atomic E-state index is 0.0393. The molecule has 0 saturated heterocycles. The summed E-state index contributed by atoms with van der Waals surface area (Å²) >= 11 is 0. The first-order valence-electron chi connectivity index (χ1n) is 12.0. The summed E-state index contributed by atoms with van der Waals surface area (Å²) < 4.78 is 39.3. The third kappa shape index (κ3) is 6.63. The smallest absolute Gasteiger partial charge is 0.264 e. The third-order valence-corrected chi connectivity index (χ3v) is 7.92. The minimum Gasteiger partial charge on any atom is -0.497 e. The number of nitrogens with zero attached hydrogens (tertiary/aromatic N) is 2. The Labute approximate surface area is 224 Å². The van der Waals surface area contributed by atoms with E-state index in [2.05, 4.69) is 5.32 Å². The lowest BCUT2D eigenvalue weighted by Crippen LogP contribution is -2.50.